The SMILES string of the molecule is C[C@@H]1CNCCN1C(=O)[C@H]1CC(=O)N(CCN(C)C)C1. The lowest BCUT2D eigenvalue weighted by Gasteiger charge is -2.35. The predicted molar refractivity (Wildman–Crippen MR) is 77.3 cm³/mol. The first-order valence-corrected chi connectivity index (χ1v) is 7.42. The summed E-state index contributed by atoms with van der Waals surface area (Å²) in [6.07, 6.45) is 0.378. The standard InChI is InChI=1S/C14H26N4O2/c1-11-9-15-4-5-18(11)14(20)12-8-13(19)17(10-12)7-6-16(2)3/h11-12,15H,4-10H2,1-3H3/t11-,12+/m1/s1. The van der Waals surface area contributed by atoms with Gasteiger partial charge in [0.1, 0.15) is 0 Å². The molecule has 2 aliphatic rings. The molecule has 6 heteroatoms. The Kier molecular flexibility index (Phi) is 4.99. The van der Waals surface area contributed by atoms with Gasteiger partial charge in [0.05, 0.1) is 5.92 Å². The average molecular weight is 282 g/mol. The molecule has 0 aromatic heterocycles. The van der Waals surface area contributed by atoms with Gasteiger partial charge in [0, 0.05) is 51.7 Å². The molecule has 2 amide bonds. The lowest BCUT2D eigenvalue weighted by Crippen LogP contribution is -2.54. The van der Waals surface area contributed by atoms with Crippen molar-refractivity contribution in [3.63, 3.8) is 0 Å². The van der Waals surface area contributed by atoms with E-state index in [1.807, 2.05) is 23.9 Å². The molecule has 6 nitrogen and oxygen atoms in total. The van der Waals surface area contributed by atoms with Crippen LogP contribution in [0.2, 0.25) is 0 Å². The summed E-state index contributed by atoms with van der Waals surface area (Å²) in [4.78, 5) is 30.4. The Morgan fingerprint density at radius 3 is 2.85 bits per heavy atom. The van der Waals surface area contributed by atoms with Crippen LogP contribution in [0.1, 0.15) is 13.3 Å². The number of hydrogen-bond donors (Lipinski definition) is 1. The predicted octanol–water partition coefficient (Wildman–Crippen LogP) is -0.783. The van der Waals surface area contributed by atoms with Crippen LogP contribution in [0.5, 0.6) is 0 Å². The molecule has 2 atom stereocenters. The highest BCUT2D eigenvalue weighted by molar-refractivity contribution is 5.89. The number of piperazine rings is 1. The van der Waals surface area contributed by atoms with E-state index in [-0.39, 0.29) is 23.8 Å². The first-order valence-electron chi connectivity index (χ1n) is 7.42. The second-order valence-electron chi connectivity index (χ2n) is 6.13. The van der Waals surface area contributed by atoms with Gasteiger partial charge in [0.15, 0.2) is 0 Å². The van der Waals surface area contributed by atoms with E-state index in [9.17, 15) is 9.59 Å². The van der Waals surface area contributed by atoms with E-state index < -0.39 is 0 Å². The number of hydrogen-bond acceptors (Lipinski definition) is 4. The van der Waals surface area contributed by atoms with Gasteiger partial charge in [0.25, 0.3) is 0 Å². The van der Waals surface area contributed by atoms with E-state index in [2.05, 4.69) is 17.1 Å². The topological polar surface area (TPSA) is 55.9 Å². The summed E-state index contributed by atoms with van der Waals surface area (Å²) in [6.45, 7) is 6.65. The van der Waals surface area contributed by atoms with E-state index in [1.165, 1.54) is 0 Å². The van der Waals surface area contributed by atoms with Gasteiger partial charge in [-0.15, -0.1) is 0 Å². The maximum absolute atomic E-state index is 12.5. The smallest absolute Gasteiger partial charge is 0.228 e. The highest BCUT2D eigenvalue weighted by atomic mass is 16.2. The van der Waals surface area contributed by atoms with Crippen molar-refractivity contribution in [1.29, 1.82) is 0 Å². The lowest BCUT2D eigenvalue weighted by molar-refractivity contribution is -0.138. The third-order valence-corrected chi connectivity index (χ3v) is 4.17. The Labute approximate surface area is 121 Å². The summed E-state index contributed by atoms with van der Waals surface area (Å²) in [6, 6.07) is 0.224. The van der Waals surface area contributed by atoms with Crippen LogP contribution >= 0.6 is 0 Å². The second-order valence-corrected chi connectivity index (χ2v) is 6.13. The van der Waals surface area contributed by atoms with Crippen molar-refractivity contribution in [3.8, 4) is 0 Å². The highest BCUT2D eigenvalue weighted by Crippen LogP contribution is 2.21. The van der Waals surface area contributed by atoms with Crippen molar-refractivity contribution in [2.24, 2.45) is 5.92 Å². The fraction of sp³-hybridized carbons (Fsp3) is 0.857. The number of carbonyl (C=O) groups excluding carboxylic acids is 2. The zero-order valence-electron chi connectivity index (χ0n) is 12.8. The van der Waals surface area contributed by atoms with Crippen LogP contribution in [0.15, 0.2) is 0 Å². The number of likely N-dealkylation sites (N-methyl/N-ethyl adjacent to an activating group) is 1. The van der Waals surface area contributed by atoms with E-state index in [0.29, 0.717) is 19.5 Å². The minimum atomic E-state index is -0.148. The van der Waals surface area contributed by atoms with E-state index >= 15 is 0 Å². The molecule has 0 saturated carbocycles. The summed E-state index contributed by atoms with van der Waals surface area (Å²) >= 11 is 0. The fourth-order valence-corrected chi connectivity index (χ4v) is 2.88. The minimum absolute atomic E-state index is 0.119. The first-order chi connectivity index (χ1) is 9.49. The first kappa shape index (κ1) is 15.3. The van der Waals surface area contributed by atoms with E-state index in [4.69, 9.17) is 0 Å². The summed E-state index contributed by atoms with van der Waals surface area (Å²) in [5.74, 6) is 0.123. The number of amides is 2. The van der Waals surface area contributed by atoms with Crippen molar-refractivity contribution in [1.82, 2.24) is 20.0 Å². The van der Waals surface area contributed by atoms with Crippen LogP contribution in [0.3, 0.4) is 0 Å². The molecule has 2 fully saturated rings. The molecule has 0 aliphatic carbocycles. The molecule has 2 rings (SSSR count). The highest BCUT2D eigenvalue weighted by Gasteiger charge is 2.37. The van der Waals surface area contributed by atoms with Crippen LogP contribution in [-0.2, 0) is 9.59 Å². The Hall–Kier alpha value is -1.14. The summed E-state index contributed by atoms with van der Waals surface area (Å²) in [7, 11) is 3.98. The molecule has 0 aromatic rings. The maximum Gasteiger partial charge on any atom is 0.228 e. The summed E-state index contributed by atoms with van der Waals surface area (Å²) in [5.41, 5.74) is 0. The monoisotopic (exact) mass is 282 g/mol. The van der Waals surface area contributed by atoms with E-state index in [1.54, 1.807) is 0 Å². The Morgan fingerprint density at radius 2 is 2.20 bits per heavy atom. The number of rotatable bonds is 4. The van der Waals surface area contributed by atoms with Crippen LogP contribution in [0, 0.1) is 5.92 Å². The molecular weight excluding hydrogens is 256 g/mol. The third kappa shape index (κ3) is 3.49. The zero-order valence-corrected chi connectivity index (χ0v) is 12.8. The van der Waals surface area contributed by atoms with Crippen LogP contribution in [0.4, 0.5) is 0 Å². The van der Waals surface area contributed by atoms with Gasteiger partial charge < -0.3 is 20.0 Å². The van der Waals surface area contributed by atoms with Crippen LogP contribution in [-0.4, -0.2) is 85.9 Å². The molecule has 2 saturated heterocycles. The summed E-state index contributed by atoms with van der Waals surface area (Å²) < 4.78 is 0. The molecule has 0 spiro atoms. The van der Waals surface area contributed by atoms with Gasteiger partial charge in [-0.1, -0.05) is 0 Å². The largest absolute Gasteiger partial charge is 0.341 e. The van der Waals surface area contributed by atoms with Gasteiger partial charge in [-0.05, 0) is 21.0 Å². The number of carbonyl (C=O) groups is 2. The lowest BCUT2D eigenvalue weighted by atomic mass is 10.1. The Morgan fingerprint density at radius 1 is 1.45 bits per heavy atom. The number of nitrogens with one attached hydrogen (secondary N) is 1. The third-order valence-electron chi connectivity index (χ3n) is 4.17. The molecule has 1 N–H and O–H groups in total. The number of nitrogens with zero attached hydrogens (tertiary/aromatic N) is 3. The second kappa shape index (κ2) is 6.54. The van der Waals surface area contributed by atoms with Crippen molar-refractivity contribution in [2.75, 3.05) is 53.4 Å². The fourth-order valence-electron chi connectivity index (χ4n) is 2.88. The van der Waals surface area contributed by atoms with Crippen molar-refractivity contribution in [2.45, 2.75) is 19.4 Å². The molecule has 20 heavy (non-hydrogen) atoms. The minimum Gasteiger partial charge on any atom is -0.341 e. The summed E-state index contributed by atoms with van der Waals surface area (Å²) in [5, 5.41) is 3.28. The van der Waals surface area contributed by atoms with Gasteiger partial charge in [-0.3, -0.25) is 9.59 Å². The quantitative estimate of drug-likeness (QED) is 0.735. The molecule has 0 bridgehead atoms. The van der Waals surface area contributed by atoms with Crippen molar-refractivity contribution < 1.29 is 9.59 Å². The van der Waals surface area contributed by atoms with Crippen molar-refractivity contribution >= 4 is 11.8 Å². The van der Waals surface area contributed by atoms with E-state index in [0.717, 1.165) is 26.2 Å². The van der Waals surface area contributed by atoms with Gasteiger partial charge in [-0.25, -0.2) is 0 Å². The Balaban J connectivity index is 1.90. The molecule has 0 aromatic carbocycles. The van der Waals surface area contributed by atoms with Gasteiger partial charge >= 0.3 is 0 Å². The molecule has 2 aliphatic heterocycles. The maximum atomic E-state index is 12.5. The van der Waals surface area contributed by atoms with Gasteiger partial charge in [0.2, 0.25) is 11.8 Å². The normalized spacial score (nSPS) is 27.5. The molecule has 2 heterocycles. The van der Waals surface area contributed by atoms with Gasteiger partial charge in [-0.2, -0.15) is 0 Å². The molecular formula is C14H26N4O2. The molecule has 0 unspecified atom stereocenters. The van der Waals surface area contributed by atoms with Crippen LogP contribution < -0.4 is 5.32 Å². The van der Waals surface area contributed by atoms with Crippen molar-refractivity contribution in [3.05, 3.63) is 0 Å². The Bertz CT molecular complexity index is 372. The zero-order chi connectivity index (χ0) is 14.7. The number of likely N-dealkylation sites (tertiary alicyclic amines) is 1. The average Bonchev–Trinajstić information content (AvgIpc) is 2.77. The molecule has 0 radical (unpaired) electrons. The molecule has 114 valence electrons. The van der Waals surface area contributed by atoms with Crippen LogP contribution in [0.25, 0.3) is 0 Å².